The fraction of sp³-hybridized carbons (Fsp3) is 0.708. The second kappa shape index (κ2) is 9.15. The number of nitrogens with zero attached hydrogens (tertiary/aromatic N) is 3. The molecular weight excluding hydrogens is 378 g/mol. The third kappa shape index (κ3) is 4.45. The molecule has 2 aromatic heterocycles. The van der Waals surface area contributed by atoms with Gasteiger partial charge in [-0.15, -0.1) is 0 Å². The summed E-state index contributed by atoms with van der Waals surface area (Å²) < 4.78 is 11.8. The molecule has 0 spiro atoms. The molecular formula is C24H33N3O3. The first-order valence-corrected chi connectivity index (χ1v) is 11.8. The molecule has 3 aliphatic rings. The van der Waals surface area contributed by atoms with Crippen molar-refractivity contribution in [3.05, 3.63) is 23.8 Å². The molecule has 5 rings (SSSR count). The highest BCUT2D eigenvalue weighted by Crippen LogP contribution is 2.38. The van der Waals surface area contributed by atoms with E-state index in [-0.39, 0.29) is 12.2 Å². The minimum absolute atomic E-state index is 0.142. The Morgan fingerprint density at radius 3 is 2.47 bits per heavy atom. The van der Waals surface area contributed by atoms with Gasteiger partial charge in [0.2, 0.25) is 5.88 Å². The maximum absolute atomic E-state index is 9.95. The van der Waals surface area contributed by atoms with E-state index < -0.39 is 0 Å². The molecule has 1 aliphatic heterocycles. The number of hydrogen-bond acceptors (Lipinski definition) is 6. The van der Waals surface area contributed by atoms with E-state index in [0.717, 1.165) is 80.8 Å². The van der Waals surface area contributed by atoms with Gasteiger partial charge in [0.05, 0.1) is 30.2 Å². The first kappa shape index (κ1) is 20.1. The lowest BCUT2D eigenvalue weighted by molar-refractivity contribution is 0.0244. The van der Waals surface area contributed by atoms with Crippen LogP contribution in [0.4, 0.5) is 0 Å². The molecule has 2 aliphatic carbocycles. The van der Waals surface area contributed by atoms with E-state index in [2.05, 4.69) is 0 Å². The fourth-order valence-electron chi connectivity index (χ4n) is 5.36. The number of aliphatic hydroxyl groups is 1. The third-order valence-electron chi connectivity index (χ3n) is 7.19. The van der Waals surface area contributed by atoms with E-state index in [4.69, 9.17) is 24.4 Å². The van der Waals surface area contributed by atoms with Crippen LogP contribution in [0.3, 0.4) is 0 Å². The van der Waals surface area contributed by atoms with Gasteiger partial charge in [-0.3, -0.25) is 0 Å². The fourth-order valence-corrected chi connectivity index (χ4v) is 5.36. The molecule has 1 N–H and O–H groups in total. The quantitative estimate of drug-likeness (QED) is 0.789. The molecule has 3 fully saturated rings. The molecule has 0 bridgehead atoms. The lowest BCUT2D eigenvalue weighted by Crippen LogP contribution is -2.26. The van der Waals surface area contributed by atoms with Gasteiger partial charge in [-0.05, 0) is 37.5 Å². The highest BCUT2D eigenvalue weighted by atomic mass is 16.5. The van der Waals surface area contributed by atoms with Crippen molar-refractivity contribution in [3.63, 3.8) is 0 Å². The molecule has 0 radical (unpaired) electrons. The summed E-state index contributed by atoms with van der Waals surface area (Å²) in [4.78, 5) is 14.5. The van der Waals surface area contributed by atoms with E-state index in [9.17, 15) is 5.11 Å². The van der Waals surface area contributed by atoms with Crippen molar-refractivity contribution in [1.29, 1.82) is 0 Å². The van der Waals surface area contributed by atoms with Gasteiger partial charge in [-0.2, -0.15) is 0 Å². The predicted molar refractivity (Wildman–Crippen MR) is 115 cm³/mol. The molecule has 162 valence electrons. The van der Waals surface area contributed by atoms with Gasteiger partial charge in [-0.25, -0.2) is 15.0 Å². The van der Waals surface area contributed by atoms with Crippen LogP contribution in [0, 0.1) is 5.92 Å². The largest absolute Gasteiger partial charge is 0.474 e. The summed E-state index contributed by atoms with van der Waals surface area (Å²) in [5.41, 5.74) is 2.21. The Kier molecular flexibility index (Phi) is 6.14. The molecule has 3 heterocycles. The standard InChI is InChI=1S/C24H33N3O3/c28-18-7-5-17(6-8-18)20-14-26-24(30-19-9-11-29-12-10-19)21-15-25-22(27-23(20)21)13-16-3-1-2-4-16/h14-19,28H,1-13H2. The third-order valence-corrected chi connectivity index (χ3v) is 7.19. The van der Waals surface area contributed by atoms with Gasteiger partial charge in [0.25, 0.3) is 0 Å². The molecule has 2 aromatic rings. The zero-order chi connectivity index (χ0) is 20.3. The van der Waals surface area contributed by atoms with Crippen LogP contribution in [0.15, 0.2) is 12.4 Å². The molecule has 30 heavy (non-hydrogen) atoms. The lowest BCUT2D eigenvalue weighted by Gasteiger charge is -2.27. The molecule has 0 atom stereocenters. The van der Waals surface area contributed by atoms with E-state index in [1.807, 2.05) is 12.4 Å². The maximum atomic E-state index is 9.95. The zero-order valence-electron chi connectivity index (χ0n) is 17.8. The Morgan fingerprint density at radius 2 is 1.70 bits per heavy atom. The van der Waals surface area contributed by atoms with Gasteiger partial charge in [0, 0.05) is 37.2 Å². The molecule has 1 saturated heterocycles. The van der Waals surface area contributed by atoms with Gasteiger partial charge in [0.15, 0.2) is 0 Å². The smallest absolute Gasteiger partial charge is 0.224 e. The number of aromatic nitrogens is 3. The average Bonchev–Trinajstić information content (AvgIpc) is 3.28. The van der Waals surface area contributed by atoms with Crippen LogP contribution in [0.2, 0.25) is 0 Å². The van der Waals surface area contributed by atoms with Crippen LogP contribution in [0.5, 0.6) is 5.88 Å². The first-order valence-electron chi connectivity index (χ1n) is 11.8. The Bertz CT molecular complexity index is 854. The second-order valence-electron chi connectivity index (χ2n) is 9.36. The van der Waals surface area contributed by atoms with Crippen molar-refractivity contribution < 1.29 is 14.6 Å². The van der Waals surface area contributed by atoms with E-state index >= 15 is 0 Å². The summed E-state index contributed by atoms with van der Waals surface area (Å²) in [5.74, 6) is 2.73. The minimum atomic E-state index is -0.163. The van der Waals surface area contributed by atoms with Crippen molar-refractivity contribution in [2.75, 3.05) is 13.2 Å². The van der Waals surface area contributed by atoms with E-state index in [1.54, 1.807) is 0 Å². The number of fused-ring (bicyclic) bond motifs is 1. The molecule has 0 aromatic carbocycles. The van der Waals surface area contributed by atoms with Crippen molar-refractivity contribution in [3.8, 4) is 5.88 Å². The Morgan fingerprint density at radius 1 is 0.933 bits per heavy atom. The molecule has 0 unspecified atom stereocenters. The topological polar surface area (TPSA) is 77.4 Å². The molecule has 6 heteroatoms. The maximum Gasteiger partial charge on any atom is 0.224 e. The van der Waals surface area contributed by atoms with Crippen molar-refractivity contribution in [2.24, 2.45) is 5.92 Å². The van der Waals surface area contributed by atoms with Gasteiger partial charge in [-0.1, -0.05) is 25.7 Å². The summed E-state index contributed by atoms with van der Waals surface area (Å²) >= 11 is 0. The molecule has 2 saturated carbocycles. The summed E-state index contributed by atoms with van der Waals surface area (Å²) in [6, 6.07) is 0. The highest BCUT2D eigenvalue weighted by Gasteiger charge is 2.26. The number of pyridine rings is 1. The average molecular weight is 412 g/mol. The van der Waals surface area contributed by atoms with Crippen LogP contribution in [-0.2, 0) is 11.2 Å². The SMILES string of the molecule is OC1CCC(c2cnc(OC3CCOCC3)c3cnc(CC4CCCC4)nc23)CC1. The summed E-state index contributed by atoms with van der Waals surface area (Å²) in [7, 11) is 0. The van der Waals surface area contributed by atoms with Crippen molar-refractivity contribution in [2.45, 2.75) is 88.8 Å². The summed E-state index contributed by atoms with van der Waals surface area (Å²) in [5, 5.41) is 10.9. The highest BCUT2D eigenvalue weighted by molar-refractivity contribution is 5.85. The first-order chi connectivity index (χ1) is 14.8. The summed E-state index contributed by atoms with van der Waals surface area (Å²) in [6.07, 6.45) is 15.6. The van der Waals surface area contributed by atoms with Gasteiger partial charge < -0.3 is 14.6 Å². The molecule has 6 nitrogen and oxygen atoms in total. The van der Waals surface area contributed by atoms with Crippen molar-refractivity contribution in [1.82, 2.24) is 15.0 Å². The number of hydrogen-bond donors (Lipinski definition) is 1. The molecule has 0 amide bonds. The summed E-state index contributed by atoms with van der Waals surface area (Å²) in [6.45, 7) is 1.49. The normalized spacial score (nSPS) is 26.3. The van der Waals surface area contributed by atoms with Crippen molar-refractivity contribution >= 4 is 10.9 Å². The number of aliphatic hydroxyl groups excluding tert-OH is 1. The van der Waals surface area contributed by atoms with E-state index in [1.165, 1.54) is 31.2 Å². The second-order valence-corrected chi connectivity index (χ2v) is 9.36. The lowest BCUT2D eigenvalue weighted by atomic mass is 9.82. The number of rotatable bonds is 5. The van der Waals surface area contributed by atoms with Crippen LogP contribution in [0.1, 0.15) is 81.5 Å². The monoisotopic (exact) mass is 411 g/mol. The Hall–Kier alpha value is -1.79. The van der Waals surface area contributed by atoms with Gasteiger partial charge >= 0.3 is 0 Å². The number of ether oxygens (including phenoxy) is 2. The van der Waals surface area contributed by atoms with Gasteiger partial charge in [0.1, 0.15) is 11.9 Å². The van der Waals surface area contributed by atoms with Crippen LogP contribution >= 0.6 is 0 Å². The van der Waals surface area contributed by atoms with Crippen LogP contribution in [-0.4, -0.2) is 45.5 Å². The predicted octanol–water partition coefficient (Wildman–Crippen LogP) is 4.33. The van der Waals surface area contributed by atoms with Crippen LogP contribution in [0.25, 0.3) is 10.9 Å². The zero-order valence-corrected chi connectivity index (χ0v) is 17.8. The Labute approximate surface area is 178 Å². The Balaban J connectivity index is 1.47. The minimum Gasteiger partial charge on any atom is -0.474 e. The van der Waals surface area contributed by atoms with E-state index in [0.29, 0.717) is 11.8 Å². The van der Waals surface area contributed by atoms with Crippen LogP contribution < -0.4 is 4.74 Å².